The molecule has 1 aliphatic rings. The summed E-state index contributed by atoms with van der Waals surface area (Å²) in [6, 6.07) is 0.422. The molecule has 0 aliphatic heterocycles. The van der Waals surface area contributed by atoms with Gasteiger partial charge in [0, 0.05) is 12.1 Å². The van der Waals surface area contributed by atoms with E-state index in [9.17, 15) is 10.1 Å². The number of aromatic nitrogens is 2. The first-order valence-corrected chi connectivity index (χ1v) is 8.00. The van der Waals surface area contributed by atoms with Crippen molar-refractivity contribution < 1.29 is 4.92 Å². The smallest absolute Gasteiger partial charge is 0.333 e. The van der Waals surface area contributed by atoms with Gasteiger partial charge in [-0.05, 0) is 33.6 Å². The molecule has 1 saturated carbocycles. The number of hydrogen-bond acceptors (Lipinski definition) is 4. The highest BCUT2D eigenvalue weighted by atomic mass is 16.6. The molecule has 1 aromatic heterocycles. The van der Waals surface area contributed by atoms with Crippen LogP contribution < -0.4 is 5.32 Å². The van der Waals surface area contributed by atoms with Crippen molar-refractivity contribution in [1.82, 2.24) is 9.78 Å². The molecule has 0 atom stereocenters. The van der Waals surface area contributed by atoms with Crippen LogP contribution in [0.1, 0.15) is 70.5 Å². The molecular formula is C15H26N4O2. The van der Waals surface area contributed by atoms with E-state index in [1.807, 2.05) is 13.8 Å². The Morgan fingerprint density at radius 2 is 1.81 bits per heavy atom. The average Bonchev–Trinajstić information content (AvgIpc) is 2.69. The minimum Gasteiger partial charge on any atom is -0.362 e. The number of nitro groups is 1. The van der Waals surface area contributed by atoms with E-state index in [0.717, 1.165) is 12.8 Å². The summed E-state index contributed by atoms with van der Waals surface area (Å²) in [5.74, 6) is 0.582. The monoisotopic (exact) mass is 294 g/mol. The third-order valence-corrected chi connectivity index (χ3v) is 4.17. The highest BCUT2D eigenvalue weighted by Gasteiger charge is 2.28. The summed E-state index contributed by atoms with van der Waals surface area (Å²) in [6.45, 7) is 5.71. The van der Waals surface area contributed by atoms with E-state index < -0.39 is 0 Å². The molecule has 0 bridgehead atoms. The van der Waals surface area contributed by atoms with Gasteiger partial charge in [0.05, 0.1) is 4.92 Å². The lowest BCUT2D eigenvalue weighted by Gasteiger charge is -2.22. The third kappa shape index (κ3) is 3.74. The number of nitrogens with zero attached hydrogens (tertiary/aromatic N) is 3. The molecule has 0 aromatic carbocycles. The maximum Gasteiger partial charge on any atom is 0.333 e. The van der Waals surface area contributed by atoms with E-state index in [1.54, 1.807) is 11.6 Å². The standard InChI is InChI=1S/C15H26N4O2/c1-11(2)18-15(14(19(20)21)12(3)17-18)16-13-9-7-5-4-6-8-10-13/h11,13,16H,4-10H2,1-3H3. The van der Waals surface area contributed by atoms with Crippen LogP contribution >= 0.6 is 0 Å². The number of hydrogen-bond donors (Lipinski definition) is 1. The number of nitrogens with one attached hydrogen (secondary N) is 1. The second-order valence-electron chi connectivity index (χ2n) is 6.26. The molecular weight excluding hydrogens is 268 g/mol. The molecule has 0 radical (unpaired) electrons. The van der Waals surface area contributed by atoms with Crippen molar-refractivity contribution in [2.45, 2.75) is 77.8 Å². The van der Waals surface area contributed by atoms with Crippen LogP contribution in [0.3, 0.4) is 0 Å². The van der Waals surface area contributed by atoms with Gasteiger partial charge in [0.1, 0.15) is 5.69 Å². The highest BCUT2D eigenvalue weighted by molar-refractivity contribution is 5.60. The quantitative estimate of drug-likeness (QED) is 0.667. The minimum absolute atomic E-state index is 0.105. The molecule has 6 heteroatoms. The highest BCUT2D eigenvalue weighted by Crippen LogP contribution is 2.32. The number of anilines is 1. The van der Waals surface area contributed by atoms with E-state index in [0.29, 0.717) is 17.6 Å². The van der Waals surface area contributed by atoms with Gasteiger partial charge in [-0.15, -0.1) is 0 Å². The van der Waals surface area contributed by atoms with Gasteiger partial charge >= 0.3 is 5.69 Å². The van der Waals surface area contributed by atoms with Gasteiger partial charge in [0.2, 0.25) is 5.82 Å². The van der Waals surface area contributed by atoms with Crippen molar-refractivity contribution in [2.75, 3.05) is 5.32 Å². The molecule has 1 N–H and O–H groups in total. The Hall–Kier alpha value is -1.59. The molecule has 1 heterocycles. The lowest BCUT2D eigenvalue weighted by molar-refractivity contribution is -0.384. The second kappa shape index (κ2) is 6.91. The lowest BCUT2D eigenvalue weighted by atomic mass is 9.97. The van der Waals surface area contributed by atoms with Crippen LogP contribution in [0, 0.1) is 17.0 Å². The summed E-state index contributed by atoms with van der Waals surface area (Å²) in [5.41, 5.74) is 0.618. The molecule has 1 fully saturated rings. The normalized spacial score (nSPS) is 17.5. The summed E-state index contributed by atoms with van der Waals surface area (Å²) in [4.78, 5) is 11.0. The van der Waals surface area contributed by atoms with Crippen LogP contribution in [0.25, 0.3) is 0 Å². The minimum atomic E-state index is -0.313. The van der Waals surface area contributed by atoms with Gasteiger partial charge in [0.15, 0.2) is 0 Å². The predicted octanol–water partition coefficient (Wildman–Crippen LogP) is 4.21. The summed E-state index contributed by atoms with van der Waals surface area (Å²) in [6.07, 6.45) is 8.40. The first kappa shape index (κ1) is 15.8. The molecule has 0 unspecified atom stereocenters. The molecule has 0 saturated heterocycles. The Labute approximate surface area is 126 Å². The van der Waals surface area contributed by atoms with Crippen LogP contribution in [0.5, 0.6) is 0 Å². The van der Waals surface area contributed by atoms with Gasteiger partial charge < -0.3 is 5.32 Å². The fraction of sp³-hybridized carbons (Fsp3) is 0.800. The third-order valence-electron chi connectivity index (χ3n) is 4.17. The van der Waals surface area contributed by atoms with Crippen LogP contribution in [0.2, 0.25) is 0 Å². The Kier molecular flexibility index (Phi) is 5.20. The van der Waals surface area contributed by atoms with Crippen molar-refractivity contribution in [2.24, 2.45) is 0 Å². The zero-order valence-corrected chi connectivity index (χ0v) is 13.3. The van der Waals surface area contributed by atoms with E-state index in [2.05, 4.69) is 10.4 Å². The summed E-state index contributed by atoms with van der Waals surface area (Å²) in [5, 5.41) is 19.1. The molecule has 0 spiro atoms. The van der Waals surface area contributed by atoms with Crippen molar-refractivity contribution >= 4 is 11.5 Å². The summed E-state index contributed by atoms with van der Waals surface area (Å²) in [7, 11) is 0. The van der Waals surface area contributed by atoms with Gasteiger partial charge in [-0.1, -0.05) is 32.1 Å². The predicted molar refractivity (Wildman–Crippen MR) is 83.7 cm³/mol. The SMILES string of the molecule is Cc1nn(C(C)C)c(NC2CCCCCCC2)c1[N+](=O)[O-]. The van der Waals surface area contributed by atoms with Crippen LogP contribution in [-0.2, 0) is 0 Å². The maximum atomic E-state index is 11.4. The van der Waals surface area contributed by atoms with Crippen molar-refractivity contribution in [3.05, 3.63) is 15.8 Å². The molecule has 6 nitrogen and oxygen atoms in total. The van der Waals surface area contributed by atoms with Crippen LogP contribution in [0.4, 0.5) is 11.5 Å². The molecule has 2 rings (SSSR count). The van der Waals surface area contributed by atoms with Crippen molar-refractivity contribution in [3.8, 4) is 0 Å². The van der Waals surface area contributed by atoms with Crippen molar-refractivity contribution in [3.63, 3.8) is 0 Å². The van der Waals surface area contributed by atoms with Gasteiger partial charge in [-0.25, -0.2) is 4.68 Å². The van der Waals surface area contributed by atoms with E-state index in [1.165, 1.54) is 32.1 Å². The van der Waals surface area contributed by atoms with E-state index >= 15 is 0 Å². The average molecular weight is 294 g/mol. The van der Waals surface area contributed by atoms with Crippen LogP contribution in [-0.4, -0.2) is 20.7 Å². The van der Waals surface area contributed by atoms with Crippen LogP contribution in [0.15, 0.2) is 0 Å². The summed E-state index contributed by atoms with van der Waals surface area (Å²) < 4.78 is 1.76. The fourth-order valence-electron chi connectivity index (χ4n) is 3.06. The van der Waals surface area contributed by atoms with Gasteiger partial charge in [0.25, 0.3) is 0 Å². The van der Waals surface area contributed by atoms with Gasteiger partial charge in [-0.2, -0.15) is 5.10 Å². The topological polar surface area (TPSA) is 73.0 Å². The Bertz CT molecular complexity index is 488. The largest absolute Gasteiger partial charge is 0.362 e. The lowest BCUT2D eigenvalue weighted by Crippen LogP contribution is -2.23. The number of aryl methyl sites for hydroxylation is 1. The first-order valence-electron chi connectivity index (χ1n) is 8.00. The summed E-state index contributed by atoms with van der Waals surface area (Å²) >= 11 is 0. The molecule has 118 valence electrons. The van der Waals surface area contributed by atoms with E-state index in [-0.39, 0.29) is 16.7 Å². The molecule has 1 aliphatic carbocycles. The molecule has 1 aromatic rings. The van der Waals surface area contributed by atoms with Crippen molar-refractivity contribution in [1.29, 1.82) is 0 Å². The molecule has 0 amide bonds. The fourth-order valence-corrected chi connectivity index (χ4v) is 3.06. The van der Waals surface area contributed by atoms with E-state index in [4.69, 9.17) is 0 Å². The first-order chi connectivity index (χ1) is 10.0. The Morgan fingerprint density at radius 1 is 1.24 bits per heavy atom. The second-order valence-corrected chi connectivity index (χ2v) is 6.26. The zero-order valence-electron chi connectivity index (χ0n) is 13.3. The maximum absolute atomic E-state index is 11.4. The Morgan fingerprint density at radius 3 is 2.33 bits per heavy atom. The number of rotatable bonds is 4. The zero-order chi connectivity index (χ0) is 15.4. The molecule has 21 heavy (non-hydrogen) atoms. The van der Waals surface area contributed by atoms with Gasteiger partial charge in [-0.3, -0.25) is 10.1 Å². The Balaban J connectivity index is 2.25.